The van der Waals surface area contributed by atoms with Crippen molar-refractivity contribution < 1.29 is 4.79 Å². The van der Waals surface area contributed by atoms with Crippen molar-refractivity contribution in [2.75, 3.05) is 0 Å². The monoisotopic (exact) mass is 205 g/mol. The van der Waals surface area contributed by atoms with E-state index in [0.717, 1.165) is 17.5 Å². The highest BCUT2D eigenvalue weighted by Crippen LogP contribution is 2.29. The maximum absolute atomic E-state index is 10.8. The zero-order valence-corrected chi connectivity index (χ0v) is 8.08. The number of hydrogen-bond donors (Lipinski definition) is 1. The predicted molar refractivity (Wildman–Crippen MR) is 56.6 cm³/mol. The highest BCUT2D eigenvalue weighted by atomic mass is 35.5. The van der Waals surface area contributed by atoms with Crippen molar-refractivity contribution in [1.29, 1.82) is 0 Å². The lowest BCUT2D eigenvalue weighted by atomic mass is 10.1. The average molecular weight is 206 g/mol. The molecule has 70 valence electrons. The molecule has 3 heteroatoms. The summed E-state index contributed by atoms with van der Waals surface area (Å²) < 4.78 is 0. The Labute approximate surface area is 86.5 Å². The number of aromatic amines is 1. The smallest absolute Gasteiger partial charge is 0.150 e. The van der Waals surface area contributed by atoms with Gasteiger partial charge in [0.1, 0.15) is 0 Å². The minimum atomic E-state index is 0.581. The van der Waals surface area contributed by atoms with Gasteiger partial charge in [-0.2, -0.15) is 0 Å². The number of H-pyrrole nitrogens is 1. The Morgan fingerprint density at radius 2 is 2.07 bits per heavy atom. The van der Waals surface area contributed by atoms with E-state index in [1.54, 1.807) is 24.4 Å². The normalized spacial score (nSPS) is 10.1. The number of aromatic nitrogens is 1. The van der Waals surface area contributed by atoms with Gasteiger partial charge in [-0.3, -0.25) is 4.79 Å². The van der Waals surface area contributed by atoms with Crippen LogP contribution in [0.2, 0.25) is 5.02 Å². The summed E-state index contributed by atoms with van der Waals surface area (Å²) in [6, 6.07) is 9.03. The quantitative estimate of drug-likeness (QED) is 0.751. The van der Waals surface area contributed by atoms with Crippen LogP contribution in [0.25, 0.3) is 11.3 Å². The van der Waals surface area contributed by atoms with Crippen LogP contribution in [0.4, 0.5) is 0 Å². The number of carbonyl (C=O) groups excluding carboxylic acids is 1. The minimum absolute atomic E-state index is 0.581. The zero-order chi connectivity index (χ0) is 9.97. The molecule has 0 aliphatic carbocycles. The third-order valence-electron chi connectivity index (χ3n) is 2.04. The van der Waals surface area contributed by atoms with Gasteiger partial charge in [-0.15, -0.1) is 0 Å². The molecular weight excluding hydrogens is 198 g/mol. The van der Waals surface area contributed by atoms with Gasteiger partial charge in [0, 0.05) is 23.0 Å². The van der Waals surface area contributed by atoms with Crippen LogP contribution in [0, 0.1) is 0 Å². The summed E-state index contributed by atoms with van der Waals surface area (Å²) in [4.78, 5) is 13.8. The Bertz CT molecular complexity index is 448. The Hall–Kier alpha value is -1.54. The van der Waals surface area contributed by atoms with Crippen molar-refractivity contribution in [1.82, 2.24) is 4.98 Å². The summed E-state index contributed by atoms with van der Waals surface area (Å²) in [6.07, 6.45) is 2.61. The second-order valence-corrected chi connectivity index (χ2v) is 3.31. The van der Waals surface area contributed by atoms with Crippen molar-refractivity contribution in [3.05, 3.63) is 47.1 Å². The molecule has 0 unspecified atom stereocenters. The van der Waals surface area contributed by atoms with Gasteiger partial charge in [0.2, 0.25) is 0 Å². The van der Waals surface area contributed by atoms with E-state index in [1.807, 2.05) is 12.1 Å². The molecule has 0 saturated heterocycles. The van der Waals surface area contributed by atoms with Crippen LogP contribution in [-0.4, -0.2) is 11.3 Å². The number of hydrogen-bond acceptors (Lipinski definition) is 1. The number of halogens is 1. The number of aldehydes is 1. The lowest BCUT2D eigenvalue weighted by Crippen LogP contribution is -1.88. The van der Waals surface area contributed by atoms with Gasteiger partial charge in [0.25, 0.3) is 0 Å². The van der Waals surface area contributed by atoms with E-state index in [2.05, 4.69) is 4.98 Å². The van der Waals surface area contributed by atoms with Crippen molar-refractivity contribution in [3.8, 4) is 11.3 Å². The van der Waals surface area contributed by atoms with Gasteiger partial charge < -0.3 is 4.98 Å². The number of nitrogens with one attached hydrogen (secondary N) is 1. The second-order valence-electron chi connectivity index (χ2n) is 2.91. The molecule has 2 aromatic rings. The van der Waals surface area contributed by atoms with Gasteiger partial charge in [-0.25, -0.2) is 0 Å². The number of rotatable bonds is 2. The first-order valence-electron chi connectivity index (χ1n) is 4.20. The first-order valence-corrected chi connectivity index (χ1v) is 4.58. The summed E-state index contributed by atoms with van der Waals surface area (Å²) in [7, 11) is 0. The summed E-state index contributed by atoms with van der Waals surface area (Å²) in [5.41, 5.74) is 2.21. The third kappa shape index (κ3) is 1.44. The van der Waals surface area contributed by atoms with Crippen LogP contribution in [0.3, 0.4) is 0 Å². The zero-order valence-electron chi connectivity index (χ0n) is 7.33. The molecule has 0 radical (unpaired) electrons. The van der Waals surface area contributed by atoms with Gasteiger partial charge in [-0.05, 0) is 18.2 Å². The molecule has 0 atom stereocenters. The molecule has 0 bridgehead atoms. The molecule has 0 fully saturated rings. The maximum Gasteiger partial charge on any atom is 0.150 e. The summed E-state index contributed by atoms with van der Waals surface area (Å²) in [5.74, 6) is 0. The lowest BCUT2D eigenvalue weighted by Gasteiger charge is -2.04. The van der Waals surface area contributed by atoms with Gasteiger partial charge in [0.15, 0.2) is 6.29 Å². The van der Waals surface area contributed by atoms with E-state index in [9.17, 15) is 4.79 Å². The van der Waals surface area contributed by atoms with E-state index >= 15 is 0 Å². The third-order valence-corrected chi connectivity index (χ3v) is 2.36. The van der Waals surface area contributed by atoms with Crippen LogP contribution in [-0.2, 0) is 0 Å². The Kier molecular flexibility index (Phi) is 2.37. The van der Waals surface area contributed by atoms with Crippen LogP contribution in [0.1, 0.15) is 10.4 Å². The minimum Gasteiger partial charge on any atom is -0.361 e. The standard InChI is InChI=1S/C11H8ClNO/c12-9-4-1-3-8(7-14)11(9)10-5-2-6-13-10/h1-7,13H. The van der Waals surface area contributed by atoms with Gasteiger partial charge in [-0.1, -0.05) is 23.7 Å². The van der Waals surface area contributed by atoms with Crippen molar-refractivity contribution in [2.24, 2.45) is 0 Å². The molecule has 0 aliphatic rings. The van der Waals surface area contributed by atoms with E-state index < -0.39 is 0 Å². The topological polar surface area (TPSA) is 32.9 Å². The molecule has 0 amide bonds. The Balaban J connectivity index is 2.67. The van der Waals surface area contributed by atoms with Gasteiger partial charge in [0.05, 0.1) is 5.02 Å². The van der Waals surface area contributed by atoms with Gasteiger partial charge >= 0.3 is 0 Å². The van der Waals surface area contributed by atoms with E-state index in [1.165, 1.54) is 0 Å². The average Bonchev–Trinajstić information content (AvgIpc) is 2.70. The molecule has 1 heterocycles. The van der Waals surface area contributed by atoms with Crippen LogP contribution < -0.4 is 0 Å². The molecule has 0 saturated carbocycles. The van der Waals surface area contributed by atoms with Crippen molar-refractivity contribution in [3.63, 3.8) is 0 Å². The van der Waals surface area contributed by atoms with Crippen LogP contribution in [0.15, 0.2) is 36.5 Å². The molecule has 1 N–H and O–H groups in total. The lowest BCUT2D eigenvalue weighted by molar-refractivity contribution is 0.112. The summed E-state index contributed by atoms with van der Waals surface area (Å²) in [5, 5.41) is 0.581. The first-order chi connectivity index (χ1) is 6.83. The molecule has 1 aromatic carbocycles. The molecule has 2 nitrogen and oxygen atoms in total. The van der Waals surface area contributed by atoms with Crippen molar-refractivity contribution >= 4 is 17.9 Å². The Morgan fingerprint density at radius 1 is 1.21 bits per heavy atom. The molecule has 0 aliphatic heterocycles. The fraction of sp³-hybridized carbons (Fsp3) is 0. The van der Waals surface area contributed by atoms with E-state index in [-0.39, 0.29) is 0 Å². The number of carbonyl (C=O) groups is 1. The predicted octanol–water partition coefficient (Wildman–Crippen LogP) is 3.15. The van der Waals surface area contributed by atoms with Crippen LogP contribution >= 0.6 is 11.6 Å². The summed E-state index contributed by atoms with van der Waals surface area (Å²) >= 11 is 6.02. The fourth-order valence-electron chi connectivity index (χ4n) is 1.41. The molecular formula is C11H8ClNO. The highest BCUT2D eigenvalue weighted by Gasteiger charge is 2.08. The highest BCUT2D eigenvalue weighted by molar-refractivity contribution is 6.33. The van der Waals surface area contributed by atoms with Crippen LogP contribution in [0.5, 0.6) is 0 Å². The summed E-state index contributed by atoms with van der Waals surface area (Å²) in [6.45, 7) is 0. The fourth-order valence-corrected chi connectivity index (χ4v) is 1.69. The maximum atomic E-state index is 10.8. The molecule has 0 spiro atoms. The van der Waals surface area contributed by atoms with E-state index in [4.69, 9.17) is 11.6 Å². The molecule has 1 aromatic heterocycles. The second kappa shape index (κ2) is 3.68. The number of benzene rings is 1. The SMILES string of the molecule is O=Cc1cccc(Cl)c1-c1ccc[nH]1. The van der Waals surface area contributed by atoms with Crippen molar-refractivity contribution in [2.45, 2.75) is 0 Å². The largest absolute Gasteiger partial charge is 0.361 e. The Morgan fingerprint density at radius 3 is 2.71 bits per heavy atom. The first kappa shape index (κ1) is 9.03. The molecule has 2 rings (SSSR count). The van der Waals surface area contributed by atoms with E-state index in [0.29, 0.717) is 10.6 Å². The molecule has 14 heavy (non-hydrogen) atoms.